The highest BCUT2D eigenvalue weighted by Crippen LogP contribution is 2.23. The third-order valence-electron chi connectivity index (χ3n) is 4.60. The van der Waals surface area contributed by atoms with Crippen LogP contribution in [0.15, 0.2) is 28.7 Å². The van der Waals surface area contributed by atoms with Gasteiger partial charge in [0.05, 0.1) is 5.56 Å². The molecule has 1 aliphatic rings. The van der Waals surface area contributed by atoms with Crippen LogP contribution in [0.4, 0.5) is 0 Å². The van der Waals surface area contributed by atoms with E-state index in [0.29, 0.717) is 22.6 Å². The fourth-order valence-corrected chi connectivity index (χ4v) is 3.23. The molecule has 3 rings (SSSR count). The van der Waals surface area contributed by atoms with Crippen LogP contribution in [0, 0.1) is 13.8 Å². The molecule has 2 aromatic rings. The summed E-state index contributed by atoms with van der Waals surface area (Å²) >= 11 is 0. The molecule has 0 saturated carbocycles. The zero-order valence-electron chi connectivity index (χ0n) is 15.0. The molecule has 2 N–H and O–H groups in total. The molecule has 0 bridgehead atoms. The normalized spacial score (nSPS) is 12.5. The predicted octanol–water partition coefficient (Wildman–Crippen LogP) is 2.81. The van der Waals surface area contributed by atoms with E-state index < -0.39 is 11.8 Å². The first kappa shape index (κ1) is 17.9. The third-order valence-corrected chi connectivity index (χ3v) is 4.60. The van der Waals surface area contributed by atoms with E-state index in [2.05, 4.69) is 10.9 Å². The van der Waals surface area contributed by atoms with Gasteiger partial charge in [-0.2, -0.15) is 0 Å². The quantitative estimate of drug-likeness (QED) is 0.638. The standard InChI is InChI=1S/C20H22N2O4/c1-12-10-17(13(2)26-12)20(25)22-21-19(24)9-8-18(23)16-7-6-14-4-3-5-15(14)11-16/h6-7,10-11H,3-5,8-9H2,1-2H3,(H,21,24)(H,22,25). The molecule has 6 nitrogen and oxygen atoms in total. The van der Waals surface area contributed by atoms with Gasteiger partial charge in [-0.1, -0.05) is 12.1 Å². The molecule has 2 amide bonds. The first-order valence-corrected chi connectivity index (χ1v) is 8.75. The minimum atomic E-state index is -0.447. The number of aryl methyl sites for hydroxylation is 4. The Morgan fingerprint density at radius 1 is 1.00 bits per heavy atom. The molecule has 0 spiro atoms. The van der Waals surface area contributed by atoms with Gasteiger partial charge in [-0.15, -0.1) is 0 Å². The topological polar surface area (TPSA) is 88.4 Å². The lowest BCUT2D eigenvalue weighted by Gasteiger charge is -2.07. The molecule has 136 valence electrons. The highest BCUT2D eigenvalue weighted by molar-refractivity contribution is 5.99. The third kappa shape index (κ3) is 4.02. The molecule has 26 heavy (non-hydrogen) atoms. The van der Waals surface area contributed by atoms with Gasteiger partial charge < -0.3 is 4.42 Å². The van der Waals surface area contributed by atoms with Crippen molar-refractivity contribution in [1.29, 1.82) is 0 Å². The zero-order chi connectivity index (χ0) is 18.7. The van der Waals surface area contributed by atoms with Crippen LogP contribution in [0.25, 0.3) is 0 Å². The zero-order valence-corrected chi connectivity index (χ0v) is 15.0. The van der Waals surface area contributed by atoms with Crippen molar-refractivity contribution in [2.24, 2.45) is 0 Å². The molecule has 6 heteroatoms. The molecular formula is C20H22N2O4. The van der Waals surface area contributed by atoms with Crippen LogP contribution in [0.1, 0.15) is 62.6 Å². The van der Waals surface area contributed by atoms with Crippen LogP contribution in [0.2, 0.25) is 0 Å². The second-order valence-corrected chi connectivity index (χ2v) is 6.59. The molecule has 0 aliphatic heterocycles. The minimum absolute atomic E-state index is 0.0135. The number of hydrogen-bond donors (Lipinski definition) is 2. The van der Waals surface area contributed by atoms with Crippen molar-refractivity contribution in [1.82, 2.24) is 10.9 Å². The lowest BCUT2D eigenvalue weighted by Crippen LogP contribution is -2.41. The van der Waals surface area contributed by atoms with Crippen LogP contribution in [-0.4, -0.2) is 17.6 Å². The van der Waals surface area contributed by atoms with E-state index in [1.54, 1.807) is 19.9 Å². The summed E-state index contributed by atoms with van der Waals surface area (Å²) in [6.07, 6.45) is 3.33. The second-order valence-electron chi connectivity index (χ2n) is 6.59. The average Bonchev–Trinajstić information content (AvgIpc) is 3.22. The van der Waals surface area contributed by atoms with E-state index in [-0.39, 0.29) is 18.6 Å². The number of carbonyl (C=O) groups excluding carboxylic acids is 3. The number of nitrogens with one attached hydrogen (secondary N) is 2. The monoisotopic (exact) mass is 354 g/mol. The van der Waals surface area contributed by atoms with Crippen molar-refractivity contribution in [3.05, 3.63) is 58.0 Å². The summed E-state index contributed by atoms with van der Waals surface area (Å²) in [5.74, 6) is 0.186. The fraction of sp³-hybridized carbons (Fsp3) is 0.350. The van der Waals surface area contributed by atoms with Gasteiger partial charge in [0.25, 0.3) is 5.91 Å². The number of fused-ring (bicyclic) bond motifs is 1. The highest BCUT2D eigenvalue weighted by atomic mass is 16.3. The van der Waals surface area contributed by atoms with Gasteiger partial charge in [-0.3, -0.25) is 25.2 Å². The van der Waals surface area contributed by atoms with Gasteiger partial charge >= 0.3 is 0 Å². The maximum absolute atomic E-state index is 12.3. The van der Waals surface area contributed by atoms with Crippen LogP contribution < -0.4 is 10.9 Å². The minimum Gasteiger partial charge on any atom is -0.466 e. The Hall–Kier alpha value is -2.89. The van der Waals surface area contributed by atoms with E-state index in [4.69, 9.17) is 4.42 Å². The van der Waals surface area contributed by atoms with Crippen molar-refractivity contribution < 1.29 is 18.8 Å². The maximum Gasteiger partial charge on any atom is 0.273 e. The number of amides is 2. The molecular weight excluding hydrogens is 332 g/mol. The highest BCUT2D eigenvalue weighted by Gasteiger charge is 2.16. The van der Waals surface area contributed by atoms with Crippen LogP contribution in [0.3, 0.4) is 0 Å². The molecule has 1 heterocycles. The number of carbonyl (C=O) groups is 3. The molecule has 1 aromatic carbocycles. The summed E-state index contributed by atoms with van der Waals surface area (Å²) in [6, 6.07) is 7.38. The molecule has 0 fully saturated rings. The Labute approximate surface area is 151 Å². The Kier molecular flexibility index (Phi) is 5.21. The van der Waals surface area contributed by atoms with Crippen molar-refractivity contribution >= 4 is 17.6 Å². The van der Waals surface area contributed by atoms with E-state index in [1.807, 2.05) is 18.2 Å². The summed E-state index contributed by atoms with van der Waals surface area (Å²) in [5.41, 5.74) is 8.24. The van der Waals surface area contributed by atoms with Gasteiger partial charge in [0.15, 0.2) is 5.78 Å². The van der Waals surface area contributed by atoms with Gasteiger partial charge in [-0.25, -0.2) is 0 Å². The number of Topliss-reactive ketones (excluding diaryl/α,β-unsaturated/α-hetero) is 1. The Morgan fingerprint density at radius 2 is 1.77 bits per heavy atom. The van der Waals surface area contributed by atoms with Crippen molar-refractivity contribution in [3.63, 3.8) is 0 Å². The molecule has 0 unspecified atom stereocenters. The average molecular weight is 354 g/mol. The number of furan rings is 1. The summed E-state index contributed by atoms with van der Waals surface area (Å²) in [5, 5.41) is 0. The van der Waals surface area contributed by atoms with Gasteiger partial charge in [0.2, 0.25) is 5.91 Å². The smallest absolute Gasteiger partial charge is 0.273 e. The summed E-state index contributed by atoms with van der Waals surface area (Å²) < 4.78 is 5.28. The summed E-state index contributed by atoms with van der Waals surface area (Å²) in [7, 11) is 0. The SMILES string of the molecule is Cc1cc(C(=O)NNC(=O)CCC(=O)c2ccc3c(c2)CCC3)c(C)o1. The Morgan fingerprint density at radius 3 is 2.50 bits per heavy atom. The second kappa shape index (κ2) is 7.56. The lowest BCUT2D eigenvalue weighted by molar-refractivity contribution is -0.121. The van der Waals surface area contributed by atoms with Gasteiger partial charge in [0.1, 0.15) is 11.5 Å². The lowest BCUT2D eigenvalue weighted by atomic mass is 10.0. The van der Waals surface area contributed by atoms with Crippen molar-refractivity contribution in [2.45, 2.75) is 46.0 Å². The fourth-order valence-electron chi connectivity index (χ4n) is 3.23. The molecule has 0 saturated heterocycles. The Bertz CT molecular complexity index is 867. The van der Waals surface area contributed by atoms with Gasteiger partial charge in [-0.05, 0) is 56.4 Å². The van der Waals surface area contributed by atoms with Crippen molar-refractivity contribution in [2.75, 3.05) is 0 Å². The van der Waals surface area contributed by atoms with E-state index in [1.165, 1.54) is 11.1 Å². The maximum atomic E-state index is 12.3. The number of ketones is 1. The predicted molar refractivity (Wildman–Crippen MR) is 95.8 cm³/mol. The van der Waals surface area contributed by atoms with Crippen molar-refractivity contribution in [3.8, 4) is 0 Å². The largest absolute Gasteiger partial charge is 0.466 e. The summed E-state index contributed by atoms with van der Waals surface area (Å²) in [4.78, 5) is 36.2. The first-order valence-electron chi connectivity index (χ1n) is 8.75. The number of benzene rings is 1. The molecule has 1 aromatic heterocycles. The van der Waals surface area contributed by atoms with E-state index >= 15 is 0 Å². The van der Waals surface area contributed by atoms with E-state index in [9.17, 15) is 14.4 Å². The number of hydrazine groups is 1. The Balaban J connectivity index is 1.47. The van der Waals surface area contributed by atoms with Crippen LogP contribution >= 0.6 is 0 Å². The molecule has 0 radical (unpaired) electrons. The first-order chi connectivity index (χ1) is 12.4. The number of hydrogen-bond acceptors (Lipinski definition) is 4. The molecule has 1 aliphatic carbocycles. The van der Waals surface area contributed by atoms with E-state index in [0.717, 1.165) is 19.3 Å². The van der Waals surface area contributed by atoms with Gasteiger partial charge in [0, 0.05) is 18.4 Å². The summed E-state index contributed by atoms with van der Waals surface area (Å²) in [6.45, 7) is 3.42. The van der Waals surface area contributed by atoms with Crippen LogP contribution in [0.5, 0.6) is 0 Å². The molecule has 0 atom stereocenters. The van der Waals surface area contributed by atoms with Crippen LogP contribution in [-0.2, 0) is 17.6 Å². The number of rotatable bonds is 5.